The maximum absolute atomic E-state index is 13.0. The fourth-order valence-electron chi connectivity index (χ4n) is 3.52. The standard InChI is InChI=1S/C26H28N4O3/c1-4-5-14-33-22-10-7-20(8-11-22)23-16-24-26(32)29(12-13-30(24)28-23)17-25(31)27-21-9-6-18(2)19(3)15-21/h6-13,15-16H,4-5,14,17H2,1-3H3,(H,27,31). The smallest absolute Gasteiger partial charge is 0.277 e. The second kappa shape index (κ2) is 9.73. The van der Waals surface area contributed by atoms with E-state index in [9.17, 15) is 9.59 Å². The molecule has 1 amide bonds. The SMILES string of the molecule is CCCCOc1ccc(-c2cc3c(=O)n(CC(=O)Nc4ccc(C)c(C)c4)ccn3n2)cc1. The number of fused-ring (bicyclic) bond motifs is 1. The Bertz CT molecular complexity index is 1340. The fraction of sp³-hybridized carbons (Fsp3) is 0.269. The molecule has 0 fully saturated rings. The van der Waals surface area contributed by atoms with Crippen molar-refractivity contribution in [3.8, 4) is 17.0 Å². The number of benzene rings is 2. The predicted molar refractivity (Wildman–Crippen MR) is 130 cm³/mol. The lowest BCUT2D eigenvalue weighted by molar-refractivity contribution is -0.116. The number of nitrogens with zero attached hydrogens (tertiary/aromatic N) is 3. The Morgan fingerprint density at radius 2 is 1.82 bits per heavy atom. The lowest BCUT2D eigenvalue weighted by atomic mass is 10.1. The van der Waals surface area contributed by atoms with Gasteiger partial charge in [0, 0.05) is 23.6 Å². The number of anilines is 1. The summed E-state index contributed by atoms with van der Waals surface area (Å²) in [5.41, 5.74) is 4.68. The summed E-state index contributed by atoms with van der Waals surface area (Å²) in [5.74, 6) is 0.552. The topological polar surface area (TPSA) is 77.6 Å². The predicted octanol–water partition coefficient (Wildman–Crippen LogP) is 4.60. The van der Waals surface area contributed by atoms with Gasteiger partial charge in [-0.1, -0.05) is 19.4 Å². The highest BCUT2D eigenvalue weighted by Crippen LogP contribution is 2.22. The quantitative estimate of drug-likeness (QED) is 0.403. The molecule has 0 atom stereocenters. The fourth-order valence-corrected chi connectivity index (χ4v) is 3.52. The molecular weight excluding hydrogens is 416 g/mol. The van der Waals surface area contributed by atoms with Crippen molar-refractivity contribution in [2.75, 3.05) is 11.9 Å². The Morgan fingerprint density at radius 3 is 2.55 bits per heavy atom. The first kappa shape index (κ1) is 22.3. The van der Waals surface area contributed by atoms with Crippen LogP contribution in [0, 0.1) is 13.8 Å². The molecule has 170 valence electrons. The average Bonchev–Trinajstić information content (AvgIpc) is 3.24. The summed E-state index contributed by atoms with van der Waals surface area (Å²) >= 11 is 0. The Labute approximate surface area is 192 Å². The molecule has 0 aliphatic carbocycles. The van der Waals surface area contributed by atoms with E-state index in [0.717, 1.165) is 35.3 Å². The van der Waals surface area contributed by atoms with Crippen LogP contribution in [-0.2, 0) is 11.3 Å². The molecule has 1 N–H and O–H groups in total. The number of aromatic nitrogens is 3. The maximum atomic E-state index is 13.0. The van der Waals surface area contributed by atoms with Crippen LogP contribution < -0.4 is 15.6 Å². The number of ether oxygens (including phenoxy) is 1. The highest BCUT2D eigenvalue weighted by molar-refractivity contribution is 5.90. The summed E-state index contributed by atoms with van der Waals surface area (Å²) in [5, 5.41) is 7.37. The Morgan fingerprint density at radius 1 is 1.03 bits per heavy atom. The zero-order valence-corrected chi connectivity index (χ0v) is 19.2. The summed E-state index contributed by atoms with van der Waals surface area (Å²) in [6.07, 6.45) is 5.37. The molecule has 2 heterocycles. The van der Waals surface area contributed by atoms with Gasteiger partial charge in [-0.2, -0.15) is 5.10 Å². The van der Waals surface area contributed by atoms with Gasteiger partial charge < -0.3 is 14.6 Å². The van der Waals surface area contributed by atoms with Crippen molar-refractivity contribution in [1.29, 1.82) is 0 Å². The molecule has 7 heteroatoms. The third kappa shape index (κ3) is 5.14. The third-order valence-corrected chi connectivity index (χ3v) is 5.62. The molecule has 0 bridgehead atoms. The summed E-state index contributed by atoms with van der Waals surface area (Å²) in [6.45, 7) is 6.76. The summed E-state index contributed by atoms with van der Waals surface area (Å²) in [7, 11) is 0. The van der Waals surface area contributed by atoms with Gasteiger partial charge in [-0.15, -0.1) is 0 Å². The molecule has 2 aromatic carbocycles. The number of nitrogens with one attached hydrogen (secondary N) is 1. The van der Waals surface area contributed by atoms with E-state index >= 15 is 0 Å². The number of hydrogen-bond donors (Lipinski definition) is 1. The molecule has 4 aromatic rings. The summed E-state index contributed by atoms with van der Waals surface area (Å²) in [6, 6.07) is 15.2. The van der Waals surface area contributed by atoms with E-state index in [4.69, 9.17) is 4.74 Å². The van der Waals surface area contributed by atoms with Gasteiger partial charge in [-0.05, 0) is 73.9 Å². The minimum Gasteiger partial charge on any atom is -0.494 e. The molecule has 0 radical (unpaired) electrons. The molecule has 33 heavy (non-hydrogen) atoms. The minimum atomic E-state index is -0.272. The van der Waals surface area contributed by atoms with Gasteiger partial charge in [0.05, 0.1) is 12.3 Å². The van der Waals surface area contributed by atoms with Crippen LogP contribution in [0.1, 0.15) is 30.9 Å². The van der Waals surface area contributed by atoms with Crippen LogP contribution in [0.25, 0.3) is 16.8 Å². The minimum absolute atomic E-state index is 0.0768. The van der Waals surface area contributed by atoms with E-state index in [0.29, 0.717) is 23.5 Å². The van der Waals surface area contributed by atoms with Crippen LogP contribution in [0.5, 0.6) is 5.75 Å². The van der Waals surface area contributed by atoms with E-state index in [1.54, 1.807) is 23.0 Å². The van der Waals surface area contributed by atoms with Crippen molar-refractivity contribution in [2.24, 2.45) is 0 Å². The Kier molecular flexibility index (Phi) is 6.58. The van der Waals surface area contributed by atoms with Gasteiger partial charge in [0.2, 0.25) is 5.91 Å². The molecule has 0 spiro atoms. The Balaban J connectivity index is 1.50. The maximum Gasteiger partial charge on any atom is 0.277 e. The summed E-state index contributed by atoms with van der Waals surface area (Å²) in [4.78, 5) is 25.5. The van der Waals surface area contributed by atoms with Gasteiger partial charge in [0.15, 0.2) is 0 Å². The van der Waals surface area contributed by atoms with E-state index in [-0.39, 0.29) is 18.0 Å². The zero-order valence-electron chi connectivity index (χ0n) is 19.2. The van der Waals surface area contributed by atoms with Gasteiger partial charge in [-0.25, -0.2) is 4.52 Å². The van der Waals surface area contributed by atoms with E-state index in [2.05, 4.69) is 17.3 Å². The second-order valence-corrected chi connectivity index (χ2v) is 8.16. The number of unbranched alkanes of at least 4 members (excludes halogenated alkanes) is 1. The van der Waals surface area contributed by atoms with E-state index in [1.165, 1.54) is 4.57 Å². The Hall–Kier alpha value is -3.87. The first-order valence-corrected chi connectivity index (χ1v) is 11.1. The van der Waals surface area contributed by atoms with Crippen molar-refractivity contribution >= 4 is 17.1 Å². The monoisotopic (exact) mass is 444 g/mol. The molecule has 0 unspecified atom stereocenters. The zero-order chi connectivity index (χ0) is 23.4. The first-order valence-electron chi connectivity index (χ1n) is 11.1. The number of carbonyl (C=O) groups is 1. The molecule has 0 saturated heterocycles. The molecule has 4 rings (SSSR count). The number of amides is 1. The molecule has 0 aliphatic heterocycles. The number of rotatable bonds is 8. The van der Waals surface area contributed by atoms with Crippen LogP contribution in [0.15, 0.2) is 65.7 Å². The molecule has 0 aliphatic rings. The van der Waals surface area contributed by atoms with Gasteiger partial charge in [-0.3, -0.25) is 9.59 Å². The molecule has 2 aromatic heterocycles. The normalized spacial score (nSPS) is 11.0. The van der Waals surface area contributed by atoms with E-state index < -0.39 is 0 Å². The summed E-state index contributed by atoms with van der Waals surface area (Å²) < 4.78 is 8.64. The first-order chi connectivity index (χ1) is 15.9. The van der Waals surface area contributed by atoms with Crippen molar-refractivity contribution in [2.45, 2.75) is 40.2 Å². The van der Waals surface area contributed by atoms with Gasteiger partial charge in [0.25, 0.3) is 5.56 Å². The second-order valence-electron chi connectivity index (χ2n) is 8.16. The number of carbonyl (C=O) groups excluding carboxylic acids is 1. The van der Waals surface area contributed by atoms with E-state index in [1.807, 2.05) is 56.3 Å². The van der Waals surface area contributed by atoms with Crippen LogP contribution in [0.2, 0.25) is 0 Å². The van der Waals surface area contributed by atoms with Crippen molar-refractivity contribution in [3.05, 3.63) is 82.4 Å². The van der Waals surface area contributed by atoms with Crippen LogP contribution in [0.3, 0.4) is 0 Å². The highest BCUT2D eigenvalue weighted by Gasteiger charge is 2.12. The van der Waals surface area contributed by atoms with Gasteiger partial charge in [0.1, 0.15) is 17.8 Å². The van der Waals surface area contributed by atoms with Crippen molar-refractivity contribution in [1.82, 2.24) is 14.2 Å². The van der Waals surface area contributed by atoms with Crippen LogP contribution >= 0.6 is 0 Å². The molecule has 7 nitrogen and oxygen atoms in total. The van der Waals surface area contributed by atoms with Crippen LogP contribution in [-0.4, -0.2) is 26.7 Å². The lowest BCUT2D eigenvalue weighted by Crippen LogP contribution is -2.28. The van der Waals surface area contributed by atoms with Crippen LogP contribution in [0.4, 0.5) is 5.69 Å². The molecule has 0 saturated carbocycles. The number of hydrogen-bond acceptors (Lipinski definition) is 4. The lowest BCUT2D eigenvalue weighted by Gasteiger charge is -2.09. The average molecular weight is 445 g/mol. The highest BCUT2D eigenvalue weighted by atomic mass is 16.5. The molecular formula is C26H28N4O3. The largest absolute Gasteiger partial charge is 0.494 e. The van der Waals surface area contributed by atoms with Crippen molar-refractivity contribution < 1.29 is 9.53 Å². The van der Waals surface area contributed by atoms with Gasteiger partial charge >= 0.3 is 0 Å². The number of aryl methyl sites for hydroxylation is 2. The third-order valence-electron chi connectivity index (χ3n) is 5.62. The van der Waals surface area contributed by atoms with Crippen molar-refractivity contribution in [3.63, 3.8) is 0 Å².